The number of non-ortho nitro benzene ring substituents is 1. The van der Waals surface area contributed by atoms with Crippen LogP contribution >= 0.6 is 11.8 Å². The summed E-state index contributed by atoms with van der Waals surface area (Å²) in [4.78, 5) is 51.5. The average molecular weight is 651 g/mol. The molecule has 3 atom stereocenters. The molecule has 0 heterocycles. The summed E-state index contributed by atoms with van der Waals surface area (Å²) in [6, 6.07) is 19.7. The molecule has 3 aromatic carbocycles. The molecule has 0 fully saturated rings. The molecule has 2 N–H and O–H groups in total. The molecule has 3 rings (SSSR count). The number of methoxy groups -OCH3 is 1. The van der Waals surface area contributed by atoms with Crippen molar-refractivity contribution >= 4 is 46.0 Å². The Bertz CT molecular complexity index is 1450. The summed E-state index contributed by atoms with van der Waals surface area (Å²) in [7, 11) is 1.32. The van der Waals surface area contributed by atoms with Crippen LogP contribution in [0.1, 0.15) is 50.7 Å². The molecular formula is C35H46N4O6S. The molecule has 2 amide bonds. The first-order valence-corrected chi connectivity index (χ1v) is 17.1. The summed E-state index contributed by atoms with van der Waals surface area (Å²) in [5.74, 6) is 0.00717. The average Bonchev–Trinajstić information content (AvgIpc) is 3.05. The Kier molecular flexibility index (Phi) is 15.0. The number of carbonyl (C=O) groups excluding carboxylic acids is 3. The van der Waals surface area contributed by atoms with E-state index in [0.29, 0.717) is 44.5 Å². The van der Waals surface area contributed by atoms with Crippen molar-refractivity contribution < 1.29 is 24.0 Å². The molecule has 0 saturated heterocycles. The fourth-order valence-corrected chi connectivity index (χ4v) is 5.84. The normalized spacial score (nSPS) is 13.2. The quantitative estimate of drug-likeness (QED) is 0.0986. The molecule has 0 aliphatic rings. The standard InChI is InChI=1S/C35H46N4O6S/c1-5-25(2)32(37-33(40)15-8-10-26-16-18-29(19-17-26)39(43)44)23-38(22-28-13-9-12-27-11-6-7-14-30(27)28)24-34(41)36-31(20-21-46-4)35(42)45-3/h6-7,9,11-14,16-19,25,31-32H,5,8,10,15,20-24H2,1-4H3,(H,36,41)(H,37,40). The first-order valence-electron chi connectivity index (χ1n) is 15.7. The van der Waals surface area contributed by atoms with E-state index in [-0.39, 0.29) is 36.0 Å². The van der Waals surface area contributed by atoms with E-state index in [1.807, 2.05) is 29.4 Å². The van der Waals surface area contributed by atoms with E-state index in [1.165, 1.54) is 19.2 Å². The van der Waals surface area contributed by atoms with Gasteiger partial charge in [-0.2, -0.15) is 11.8 Å². The number of benzene rings is 3. The minimum Gasteiger partial charge on any atom is -0.467 e. The predicted octanol–water partition coefficient (Wildman–Crippen LogP) is 5.51. The Morgan fingerprint density at radius 2 is 1.72 bits per heavy atom. The van der Waals surface area contributed by atoms with E-state index < -0.39 is 16.9 Å². The second kappa shape index (κ2) is 18.9. The maximum atomic E-state index is 13.4. The second-order valence-corrected chi connectivity index (χ2v) is 12.6. The fourth-order valence-electron chi connectivity index (χ4n) is 5.37. The molecule has 0 aliphatic carbocycles. The number of nitrogens with zero attached hydrogens (tertiary/aromatic N) is 2. The molecule has 0 saturated carbocycles. The number of hydrogen-bond acceptors (Lipinski definition) is 8. The largest absolute Gasteiger partial charge is 0.467 e. The van der Waals surface area contributed by atoms with Gasteiger partial charge >= 0.3 is 5.97 Å². The molecule has 10 nitrogen and oxygen atoms in total. The number of nitrogens with one attached hydrogen (secondary N) is 2. The van der Waals surface area contributed by atoms with Gasteiger partial charge in [-0.3, -0.25) is 24.6 Å². The molecule has 0 spiro atoms. The topological polar surface area (TPSA) is 131 Å². The number of esters is 1. The van der Waals surface area contributed by atoms with Gasteiger partial charge in [0.25, 0.3) is 5.69 Å². The Hall–Kier alpha value is -3.96. The van der Waals surface area contributed by atoms with Crippen molar-refractivity contribution in [1.29, 1.82) is 0 Å². The number of nitro benzene ring substituents is 1. The lowest BCUT2D eigenvalue weighted by Crippen LogP contribution is -2.51. The lowest BCUT2D eigenvalue weighted by molar-refractivity contribution is -0.384. The van der Waals surface area contributed by atoms with Gasteiger partial charge in [0.15, 0.2) is 0 Å². The van der Waals surface area contributed by atoms with Gasteiger partial charge in [0.1, 0.15) is 6.04 Å². The zero-order valence-corrected chi connectivity index (χ0v) is 28.0. The summed E-state index contributed by atoms with van der Waals surface area (Å²) in [5, 5.41) is 19.2. The molecule has 3 unspecified atom stereocenters. The Morgan fingerprint density at radius 3 is 2.39 bits per heavy atom. The van der Waals surface area contributed by atoms with Crippen molar-refractivity contribution in [1.82, 2.24) is 15.5 Å². The van der Waals surface area contributed by atoms with Crippen molar-refractivity contribution in [2.45, 2.75) is 64.6 Å². The van der Waals surface area contributed by atoms with E-state index >= 15 is 0 Å². The van der Waals surface area contributed by atoms with Crippen molar-refractivity contribution in [3.63, 3.8) is 0 Å². The van der Waals surface area contributed by atoms with E-state index in [4.69, 9.17) is 4.74 Å². The second-order valence-electron chi connectivity index (χ2n) is 11.6. The monoisotopic (exact) mass is 650 g/mol. The van der Waals surface area contributed by atoms with Crippen LogP contribution in [0.3, 0.4) is 0 Å². The van der Waals surface area contributed by atoms with Crippen LogP contribution in [0.15, 0.2) is 66.7 Å². The SMILES string of the molecule is CCC(C)C(CN(CC(=O)NC(CCSC)C(=O)OC)Cc1cccc2ccccc12)NC(=O)CCCc1ccc([N+](=O)[O-])cc1. The molecule has 11 heteroatoms. The van der Waals surface area contributed by atoms with Gasteiger partial charge in [0, 0.05) is 37.7 Å². The van der Waals surface area contributed by atoms with Crippen LogP contribution in [0.5, 0.6) is 0 Å². The molecule has 0 aromatic heterocycles. The molecule has 0 bridgehead atoms. The van der Waals surface area contributed by atoms with E-state index in [1.54, 1.807) is 23.9 Å². The highest BCUT2D eigenvalue weighted by Crippen LogP contribution is 2.21. The first-order chi connectivity index (χ1) is 22.1. The highest BCUT2D eigenvalue weighted by Gasteiger charge is 2.26. The van der Waals surface area contributed by atoms with Crippen LogP contribution < -0.4 is 10.6 Å². The third kappa shape index (κ3) is 11.4. The van der Waals surface area contributed by atoms with Crippen LogP contribution in [0.4, 0.5) is 5.69 Å². The van der Waals surface area contributed by atoms with Gasteiger partial charge in [-0.1, -0.05) is 74.9 Å². The highest BCUT2D eigenvalue weighted by atomic mass is 32.2. The first kappa shape index (κ1) is 36.5. The summed E-state index contributed by atoms with van der Waals surface area (Å²) >= 11 is 1.59. The summed E-state index contributed by atoms with van der Waals surface area (Å²) in [6.45, 7) is 5.12. The van der Waals surface area contributed by atoms with Crippen LogP contribution in [0.2, 0.25) is 0 Å². The summed E-state index contributed by atoms with van der Waals surface area (Å²) in [5.41, 5.74) is 2.04. The van der Waals surface area contributed by atoms with Crippen molar-refractivity contribution in [2.24, 2.45) is 5.92 Å². The maximum absolute atomic E-state index is 13.4. The van der Waals surface area contributed by atoms with Gasteiger partial charge in [0.2, 0.25) is 11.8 Å². The number of aryl methyl sites for hydroxylation is 1. The fraction of sp³-hybridized carbons (Fsp3) is 0.457. The van der Waals surface area contributed by atoms with Gasteiger partial charge in [-0.25, -0.2) is 4.79 Å². The Morgan fingerprint density at radius 1 is 1.00 bits per heavy atom. The number of hydrogen-bond donors (Lipinski definition) is 2. The number of fused-ring (bicyclic) bond motifs is 1. The summed E-state index contributed by atoms with van der Waals surface area (Å²) < 4.78 is 4.94. The van der Waals surface area contributed by atoms with Crippen LogP contribution in [0.25, 0.3) is 10.8 Å². The smallest absolute Gasteiger partial charge is 0.328 e. The van der Waals surface area contributed by atoms with Crippen molar-refractivity contribution in [2.75, 3.05) is 32.2 Å². The molecular weight excluding hydrogens is 604 g/mol. The zero-order valence-electron chi connectivity index (χ0n) is 27.2. The molecule has 46 heavy (non-hydrogen) atoms. The van der Waals surface area contributed by atoms with Crippen molar-refractivity contribution in [3.8, 4) is 0 Å². The van der Waals surface area contributed by atoms with Crippen molar-refractivity contribution in [3.05, 3.63) is 88.0 Å². The number of nitro groups is 1. The van der Waals surface area contributed by atoms with Gasteiger partial charge in [-0.15, -0.1) is 0 Å². The molecule has 3 aromatic rings. The Labute approximate surface area is 275 Å². The van der Waals surface area contributed by atoms with Gasteiger partial charge in [0.05, 0.1) is 18.6 Å². The third-order valence-corrected chi connectivity index (χ3v) is 8.87. The number of thioether (sulfide) groups is 1. The lowest BCUT2D eigenvalue weighted by Gasteiger charge is -2.32. The van der Waals surface area contributed by atoms with Gasteiger partial charge in [-0.05, 0) is 59.1 Å². The van der Waals surface area contributed by atoms with Crippen LogP contribution in [-0.4, -0.2) is 71.9 Å². The number of rotatable bonds is 19. The number of amides is 2. The zero-order chi connectivity index (χ0) is 33.5. The van der Waals surface area contributed by atoms with Crippen LogP contribution in [0, 0.1) is 16.0 Å². The minimum absolute atomic E-state index is 0.0406. The molecule has 248 valence electrons. The lowest BCUT2D eigenvalue weighted by atomic mass is 9.97. The van der Waals surface area contributed by atoms with Gasteiger partial charge < -0.3 is 15.4 Å². The number of ether oxygens (including phenoxy) is 1. The third-order valence-electron chi connectivity index (χ3n) is 8.22. The minimum atomic E-state index is -0.731. The molecule has 0 radical (unpaired) electrons. The Balaban J connectivity index is 1.74. The number of carbonyl (C=O) groups is 3. The van der Waals surface area contributed by atoms with E-state index in [2.05, 4.69) is 48.7 Å². The van der Waals surface area contributed by atoms with Crippen LogP contribution in [-0.2, 0) is 32.1 Å². The molecule has 0 aliphatic heterocycles. The highest BCUT2D eigenvalue weighted by molar-refractivity contribution is 7.98. The maximum Gasteiger partial charge on any atom is 0.328 e. The predicted molar refractivity (Wildman–Crippen MR) is 184 cm³/mol. The van der Waals surface area contributed by atoms with E-state index in [0.717, 1.165) is 28.3 Å². The van der Waals surface area contributed by atoms with E-state index in [9.17, 15) is 24.5 Å². The summed E-state index contributed by atoms with van der Waals surface area (Å²) in [6.07, 6.45) is 4.79.